The van der Waals surface area contributed by atoms with Gasteiger partial charge in [-0.15, -0.1) is 0 Å². The van der Waals surface area contributed by atoms with E-state index in [0.717, 1.165) is 96.3 Å². The Labute approximate surface area is 422 Å². The van der Waals surface area contributed by atoms with E-state index in [0.29, 0.717) is 19.4 Å². The van der Waals surface area contributed by atoms with Crippen LogP contribution in [0.1, 0.15) is 265 Å². The number of rotatable bonds is 52. The molecule has 0 rings (SSSR count). The first-order valence-electron chi connectivity index (χ1n) is 28.8. The average molecular weight is 946 g/mol. The highest BCUT2D eigenvalue weighted by molar-refractivity contribution is 5.70. The zero-order valence-electron chi connectivity index (χ0n) is 44.8. The Morgan fingerprint density at radius 2 is 0.676 bits per heavy atom. The highest BCUT2D eigenvalue weighted by Crippen LogP contribution is 2.16. The smallest absolute Gasteiger partial charge is 0.306 e. The summed E-state index contributed by atoms with van der Waals surface area (Å²) in [6.07, 6.45) is 78.7. The van der Waals surface area contributed by atoms with Gasteiger partial charge in [0.2, 0.25) is 0 Å². The van der Waals surface area contributed by atoms with Crippen LogP contribution in [0.15, 0.2) is 97.2 Å². The van der Waals surface area contributed by atoms with Crippen LogP contribution in [0.4, 0.5) is 0 Å². The van der Waals surface area contributed by atoms with Crippen molar-refractivity contribution in [2.24, 2.45) is 0 Å². The lowest BCUT2D eigenvalue weighted by atomic mass is 10.0. The number of hydrogen-bond donors (Lipinski definition) is 0. The van der Waals surface area contributed by atoms with Gasteiger partial charge >= 0.3 is 11.9 Å². The van der Waals surface area contributed by atoms with Crippen molar-refractivity contribution in [3.8, 4) is 0 Å². The maximum Gasteiger partial charge on any atom is 0.306 e. The molecule has 390 valence electrons. The van der Waals surface area contributed by atoms with Crippen molar-refractivity contribution in [3.63, 3.8) is 0 Å². The van der Waals surface area contributed by atoms with Gasteiger partial charge < -0.3 is 14.2 Å². The van der Waals surface area contributed by atoms with Crippen molar-refractivity contribution in [2.75, 3.05) is 19.8 Å². The van der Waals surface area contributed by atoms with Gasteiger partial charge in [-0.25, -0.2) is 0 Å². The molecule has 0 saturated heterocycles. The highest BCUT2D eigenvalue weighted by atomic mass is 16.6. The van der Waals surface area contributed by atoms with Gasteiger partial charge in [0.25, 0.3) is 0 Å². The quantitative estimate of drug-likeness (QED) is 0.0345. The van der Waals surface area contributed by atoms with E-state index in [1.165, 1.54) is 135 Å². The zero-order chi connectivity index (χ0) is 49.2. The Kier molecular flexibility index (Phi) is 55.4. The van der Waals surface area contributed by atoms with Crippen LogP contribution in [0.3, 0.4) is 0 Å². The molecule has 0 aliphatic carbocycles. The molecule has 0 amide bonds. The number of carbonyl (C=O) groups is 2. The highest BCUT2D eigenvalue weighted by Gasteiger charge is 2.17. The summed E-state index contributed by atoms with van der Waals surface area (Å²) >= 11 is 0. The standard InChI is InChI=1S/C63H108O5/c1-4-7-10-13-16-19-22-25-28-31-32-34-35-38-41-44-47-50-53-56-62(64)67-60-61(59-66-58-55-52-49-46-43-40-37-30-27-24-21-18-15-12-9-6-3)68-63(65)57-54-51-48-45-42-39-36-33-29-26-23-20-17-14-11-8-5-2/h8-9,11-12,17-18,20-21,26-27,29-30,36,39,45,48,61H,4-7,10,13-16,19,22-25,28,31-35,37-38,40-44,46-47,49-60H2,1-3H3/b11-8-,12-9-,20-17-,21-18-,29-26-,30-27-,39-36-,48-45-. The first-order valence-corrected chi connectivity index (χ1v) is 28.8. The molecule has 0 saturated carbocycles. The van der Waals surface area contributed by atoms with Crippen LogP contribution in [-0.2, 0) is 23.8 Å². The first kappa shape index (κ1) is 64.8. The van der Waals surface area contributed by atoms with Crippen LogP contribution in [0.25, 0.3) is 0 Å². The van der Waals surface area contributed by atoms with Gasteiger partial charge in [-0.05, 0) is 89.9 Å². The fourth-order valence-corrected chi connectivity index (χ4v) is 7.91. The lowest BCUT2D eigenvalue weighted by Crippen LogP contribution is -2.30. The van der Waals surface area contributed by atoms with Crippen molar-refractivity contribution in [1.29, 1.82) is 0 Å². The summed E-state index contributed by atoms with van der Waals surface area (Å²) in [4.78, 5) is 25.5. The van der Waals surface area contributed by atoms with Crippen molar-refractivity contribution >= 4 is 11.9 Å². The number of carbonyl (C=O) groups excluding carboxylic acids is 2. The van der Waals surface area contributed by atoms with E-state index in [1.807, 2.05) is 0 Å². The van der Waals surface area contributed by atoms with Crippen molar-refractivity contribution in [2.45, 2.75) is 271 Å². The topological polar surface area (TPSA) is 61.8 Å². The molecule has 0 spiro atoms. The fourth-order valence-electron chi connectivity index (χ4n) is 7.91. The molecule has 0 aromatic rings. The number of ether oxygens (including phenoxy) is 3. The second-order valence-corrected chi connectivity index (χ2v) is 18.8. The molecule has 5 heteroatoms. The zero-order valence-corrected chi connectivity index (χ0v) is 44.8. The molecule has 1 atom stereocenters. The van der Waals surface area contributed by atoms with Gasteiger partial charge in [0, 0.05) is 19.4 Å². The van der Waals surface area contributed by atoms with E-state index in [4.69, 9.17) is 14.2 Å². The van der Waals surface area contributed by atoms with Gasteiger partial charge in [0.1, 0.15) is 6.61 Å². The molecular formula is C63H108O5. The molecule has 0 radical (unpaired) electrons. The molecule has 0 aromatic heterocycles. The van der Waals surface area contributed by atoms with E-state index in [9.17, 15) is 9.59 Å². The van der Waals surface area contributed by atoms with Gasteiger partial charge in [0.05, 0.1) is 6.61 Å². The fraction of sp³-hybridized carbons (Fsp3) is 0.714. The molecule has 68 heavy (non-hydrogen) atoms. The minimum absolute atomic E-state index is 0.0551. The Morgan fingerprint density at radius 1 is 0.338 bits per heavy atom. The Balaban J connectivity index is 4.36. The summed E-state index contributed by atoms with van der Waals surface area (Å²) in [5.74, 6) is -0.467. The summed E-state index contributed by atoms with van der Waals surface area (Å²) < 4.78 is 17.4. The Bertz CT molecular complexity index is 1300. The van der Waals surface area contributed by atoms with Crippen LogP contribution in [-0.4, -0.2) is 37.9 Å². The third kappa shape index (κ3) is 55.4. The van der Waals surface area contributed by atoms with Crippen molar-refractivity contribution < 1.29 is 23.8 Å². The lowest BCUT2D eigenvalue weighted by molar-refractivity contribution is -0.162. The van der Waals surface area contributed by atoms with Crippen molar-refractivity contribution in [3.05, 3.63) is 97.2 Å². The number of hydrogen-bond acceptors (Lipinski definition) is 5. The van der Waals surface area contributed by atoms with Crippen LogP contribution >= 0.6 is 0 Å². The molecule has 5 nitrogen and oxygen atoms in total. The van der Waals surface area contributed by atoms with E-state index in [-0.39, 0.29) is 25.2 Å². The van der Waals surface area contributed by atoms with E-state index < -0.39 is 6.10 Å². The molecule has 0 bridgehead atoms. The largest absolute Gasteiger partial charge is 0.462 e. The van der Waals surface area contributed by atoms with Crippen LogP contribution in [0.5, 0.6) is 0 Å². The lowest BCUT2D eigenvalue weighted by Gasteiger charge is -2.18. The van der Waals surface area contributed by atoms with Gasteiger partial charge in [0.15, 0.2) is 6.10 Å². The minimum Gasteiger partial charge on any atom is -0.462 e. The number of allylic oxidation sites excluding steroid dienone is 16. The monoisotopic (exact) mass is 945 g/mol. The minimum atomic E-state index is -0.577. The molecule has 0 aliphatic heterocycles. The predicted molar refractivity (Wildman–Crippen MR) is 297 cm³/mol. The molecule has 0 fully saturated rings. The summed E-state index contributed by atoms with van der Waals surface area (Å²) in [5, 5.41) is 0. The summed E-state index contributed by atoms with van der Waals surface area (Å²) in [7, 11) is 0. The Hall–Kier alpha value is -3.18. The summed E-state index contributed by atoms with van der Waals surface area (Å²) in [5.41, 5.74) is 0. The van der Waals surface area contributed by atoms with Gasteiger partial charge in [-0.2, -0.15) is 0 Å². The van der Waals surface area contributed by atoms with Crippen LogP contribution in [0.2, 0.25) is 0 Å². The van der Waals surface area contributed by atoms with Crippen LogP contribution in [0, 0.1) is 0 Å². The predicted octanol–water partition coefficient (Wildman–Crippen LogP) is 19.8. The second kappa shape index (κ2) is 58.1. The molecule has 0 aromatic carbocycles. The van der Waals surface area contributed by atoms with E-state index in [1.54, 1.807) is 0 Å². The first-order chi connectivity index (χ1) is 33.6. The third-order valence-electron chi connectivity index (χ3n) is 12.1. The molecule has 0 N–H and O–H groups in total. The Morgan fingerprint density at radius 3 is 1.10 bits per heavy atom. The normalized spacial score (nSPS) is 12.9. The summed E-state index contributed by atoms with van der Waals surface area (Å²) in [6, 6.07) is 0. The molecule has 1 unspecified atom stereocenters. The average Bonchev–Trinajstić information content (AvgIpc) is 3.34. The molecule has 0 aliphatic rings. The molecular weight excluding hydrogens is 837 g/mol. The van der Waals surface area contributed by atoms with Gasteiger partial charge in [-0.1, -0.05) is 259 Å². The maximum absolute atomic E-state index is 12.8. The number of esters is 2. The summed E-state index contributed by atoms with van der Waals surface area (Å²) in [6.45, 7) is 7.54. The van der Waals surface area contributed by atoms with Crippen molar-refractivity contribution in [1.82, 2.24) is 0 Å². The van der Waals surface area contributed by atoms with E-state index in [2.05, 4.69) is 118 Å². The third-order valence-corrected chi connectivity index (χ3v) is 12.1. The molecule has 0 heterocycles. The van der Waals surface area contributed by atoms with Crippen LogP contribution < -0.4 is 0 Å². The maximum atomic E-state index is 12.8. The second-order valence-electron chi connectivity index (χ2n) is 18.8. The number of unbranched alkanes of at least 4 members (excludes halogenated alkanes) is 25. The van der Waals surface area contributed by atoms with Gasteiger partial charge in [-0.3, -0.25) is 9.59 Å². The SMILES string of the molecule is CC/C=C\C/C=C\C/C=C\C/C=C\C/C=C\CCCC(=O)OC(COCCCCCCCC/C=C\C/C=C\C/C=C\CC)COC(=O)CCCCCCCCCCCCCCCCCCCCC. The van der Waals surface area contributed by atoms with E-state index >= 15 is 0 Å².